The maximum atomic E-state index is 5.73. The second kappa shape index (κ2) is 3.82. The summed E-state index contributed by atoms with van der Waals surface area (Å²) >= 11 is 5.09. The largest absolute Gasteiger partial charge is 0.376 e. The third kappa shape index (κ3) is 1.80. The quantitative estimate of drug-likeness (QED) is 0.603. The zero-order valence-electron chi connectivity index (χ0n) is 8.04. The first-order valence-corrected chi connectivity index (χ1v) is 5.76. The highest BCUT2D eigenvalue weighted by molar-refractivity contribution is 7.80. The Bertz CT molecular complexity index is 203. The first kappa shape index (κ1) is 9.25. The van der Waals surface area contributed by atoms with Gasteiger partial charge in [0.05, 0.1) is 0 Å². The summed E-state index contributed by atoms with van der Waals surface area (Å²) in [5.74, 6) is 0.879. The monoisotopic (exact) mass is 198 g/mol. The molecule has 74 valence electrons. The Labute approximate surface area is 85.5 Å². The topological polar surface area (TPSA) is 29.3 Å². The van der Waals surface area contributed by atoms with Gasteiger partial charge in [-0.1, -0.05) is 12.8 Å². The molecule has 0 aromatic rings. The highest BCUT2D eigenvalue weighted by Crippen LogP contribution is 2.34. The Morgan fingerprint density at radius 1 is 1.15 bits per heavy atom. The van der Waals surface area contributed by atoms with E-state index in [-0.39, 0.29) is 0 Å². The van der Waals surface area contributed by atoms with Crippen LogP contribution < -0.4 is 5.73 Å². The van der Waals surface area contributed by atoms with E-state index < -0.39 is 0 Å². The number of rotatable bonds is 0. The van der Waals surface area contributed by atoms with Crippen LogP contribution in [0.5, 0.6) is 0 Å². The predicted molar refractivity (Wildman–Crippen MR) is 58.5 cm³/mol. The van der Waals surface area contributed by atoms with E-state index >= 15 is 0 Å². The van der Waals surface area contributed by atoms with Gasteiger partial charge in [-0.2, -0.15) is 0 Å². The molecule has 2 unspecified atom stereocenters. The van der Waals surface area contributed by atoms with Gasteiger partial charge in [-0.25, -0.2) is 0 Å². The van der Waals surface area contributed by atoms with Crippen molar-refractivity contribution >= 4 is 17.3 Å². The third-order valence-corrected chi connectivity index (χ3v) is 3.76. The molecule has 0 spiro atoms. The smallest absolute Gasteiger partial charge is 0.166 e. The van der Waals surface area contributed by atoms with Gasteiger partial charge in [0.2, 0.25) is 0 Å². The molecule has 0 radical (unpaired) electrons. The SMILES string of the molecule is NC(=S)N1CCCC2CCCCC21. The molecule has 1 saturated carbocycles. The summed E-state index contributed by atoms with van der Waals surface area (Å²) in [7, 11) is 0. The molecule has 1 aliphatic heterocycles. The molecule has 0 aromatic carbocycles. The molecule has 2 N–H and O–H groups in total. The van der Waals surface area contributed by atoms with Crippen LogP contribution in [-0.2, 0) is 0 Å². The van der Waals surface area contributed by atoms with Crippen LogP contribution in [0, 0.1) is 5.92 Å². The van der Waals surface area contributed by atoms with Crippen LogP contribution in [0.15, 0.2) is 0 Å². The van der Waals surface area contributed by atoms with Crippen LogP contribution in [0.3, 0.4) is 0 Å². The number of hydrogen-bond donors (Lipinski definition) is 1. The van der Waals surface area contributed by atoms with Crippen LogP contribution in [0.4, 0.5) is 0 Å². The number of hydrogen-bond acceptors (Lipinski definition) is 1. The molecule has 0 amide bonds. The first-order valence-electron chi connectivity index (χ1n) is 5.35. The molecule has 1 aliphatic carbocycles. The Kier molecular flexibility index (Phi) is 2.72. The molecule has 2 fully saturated rings. The zero-order valence-corrected chi connectivity index (χ0v) is 8.85. The summed E-state index contributed by atoms with van der Waals surface area (Å²) in [5, 5.41) is 0.622. The zero-order chi connectivity index (χ0) is 9.26. The molecule has 0 aromatic heterocycles. The number of likely N-dealkylation sites (tertiary alicyclic amines) is 1. The molecular weight excluding hydrogens is 180 g/mol. The van der Waals surface area contributed by atoms with Crippen molar-refractivity contribution < 1.29 is 0 Å². The van der Waals surface area contributed by atoms with E-state index in [0.717, 1.165) is 12.5 Å². The van der Waals surface area contributed by atoms with Gasteiger partial charge in [0.15, 0.2) is 5.11 Å². The van der Waals surface area contributed by atoms with Crippen LogP contribution in [0.2, 0.25) is 0 Å². The van der Waals surface area contributed by atoms with Gasteiger partial charge in [0, 0.05) is 12.6 Å². The fraction of sp³-hybridized carbons (Fsp3) is 0.900. The summed E-state index contributed by atoms with van der Waals surface area (Å²) < 4.78 is 0. The average Bonchev–Trinajstić information content (AvgIpc) is 2.17. The van der Waals surface area contributed by atoms with Crippen LogP contribution in [0.1, 0.15) is 38.5 Å². The second-order valence-electron chi connectivity index (χ2n) is 4.29. The normalized spacial score (nSPS) is 34.0. The van der Waals surface area contributed by atoms with Crippen molar-refractivity contribution in [3.8, 4) is 0 Å². The molecule has 0 bridgehead atoms. The van der Waals surface area contributed by atoms with Crippen molar-refractivity contribution in [3.63, 3.8) is 0 Å². The lowest BCUT2D eigenvalue weighted by Gasteiger charge is -2.44. The third-order valence-electron chi connectivity index (χ3n) is 3.53. The highest BCUT2D eigenvalue weighted by Gasteiger charge is 2.33. The fourth-order valence-corrected chi connectivity index (χ4v) is 3.13. The lowest BCUT2D eigenvalue weighted by atomic mass is 9.78. The van der Waals surface area contributed by atoms with Crippen molar-refractivity contribution in [2.75, 3.05) is 6.54 Å². The maximum Gasteiger partial charge on any atom is 0.166 e. The Hall–Kier alpha value is -0.310. The van der Waals surface area contributed by atoms with Crippen molar-refractivity contribution in [2.45, 2.75) is 44.6 Å². The molecule has 1 heterocycles. The van der Waals surface area contributed by atoms with E-state index in [1.165, 1.54) is 38.5 Å². The van der Waals surface area contributed by atoms with Gasteiger partial charge in [-0.15, -0.1) is 0 Å². The summed E-state index contributed by atoms with van der Waals surface area (Å²) in [6, 6.07) is 0.681. The van der Waals surface area contributed by atoms with Gasteiger partial charge < -0.3 is 10.6 Å². The Morgan fingerprint density at radius 3 is 2.62 bits per heavy atom. The molecule has 2 rings (SSSR count). The van der Waals surface area contributed by atoms with E-state index in [4.69, 9.17) is 18.0 Å². The van der Waals surface area contributed by atoms with Crippen molar-refractivity contribution in [3.05, 3.63) is 0 Å². The summed E-state index contributed by atoms with van der Waals surface area (Å²) in [6.07, 6.45) is 8.14. The number of piperidine rings is 1. The first-order chi connectivity index (χ1) is 6.29. The fourth-order valence-electron chi connectivity index (χ4n) is 2.90. The van der Waals surface area contributed by atoms with E-state index in [1.54, 1.807) is 0 Å². The van der Waals surface area contributed by atoms with Crippen molar-refractivity contribution in [2.24, 2.45) is 11.7 Å². The number of nitrogens with two attached hydrogens (primary N) is 1. The average molecular weight is 198 g/mol. The summed E-state index contributed by atoms with van der Waals surface area (Å²) in [4.78, 5) is 2.27. The summed E-state index contributed by atoms with van der Waals surface area (Å²) in [5.41, 5.74) is 5.73. The maximum absolute atomic E-state index is 5.73. The van der Waals surface area contributed by atoms with Gasteiger partial charge in [0.1, 0.15) is 0 Å². The minimum absolute atomic E-state index is 0.622. The number of fused-ring (bicyclic) bond motifs is 1. The van der Waals surface area contributed by atoms with Crippen LogP contribution in [-0.4, -0.2) is 22.6 Å². The molecule has 2 aliphatic rings. The Morgan fingerprint density at radius 2 is 1.85 bits per heavy atom. The van der Waals surface area contributed by atoms with E-state index in [9.17, 15) is 0 Å². The molecule has 1 saturated heterocycles. The minimum Gasteiger partial charge on any atom is -0.376 e. The van der Waals surface area contributed by atoms with Crippen LogP contribution >= 0.6 is 12.2 Å². The molecule has 3 heteroatoms. The van der Waals surface area contributed by atoms with E-state index in [2.05, 4.69) is 4.90 Å². The lowest BCUT2D eigenvalue weighted by molar-refractivity contribution is 0.120. The molecule has 13 heavy (non-hydrogen) atoms. The predicted octanol–water partition coefficient (Wildman–Crippen LogP) is 1.88. The van der Waals surface area contributed by atoms with Crippen molar-refractivity contribution in [1.82, 2.24) is 4.90 Å². The molecule has 2 atom stereocenters. The molecular formula is C10H18N2S. The van der Waals surface area contributed by atoms with Gasteiger partial charge in [-0.05, 0) is 43.8 Å². The number of thiocarbonyl (C=S) groups is 1. The van der Waals surface area contributed by atoms with Crippen LogP contribution in [0.25, 0.3) is 0 Å². The highest BCUT2D eigenvalue weighted by atomic mass is 32.1. The van der Waals surface area contributed by atoms with Gasteiger partial charge >= 0.3 is 0 Å². The minimum atomic E-state index is 0.622. The van der Waals surface area contributed by atoms with E-state index in [0.29, 0.717) is 11.2 Å². The molecule has 2 nitrogen and oxygen atoms in total. The van der Waals surface area contributed by atoms with E-state index in [1.807, 2.05) is 0 Å². The van der Waals surface area contributed by atoms with Crippen molar-refractivity contribution in [1.29, 1.82) is 0 Å². The lowest BCUT2D eigenvalue weighted by Crippen LogP contribution is -2.51. The second-order valence-corrected chi connectivity index (χ2v) is 4.70. The standard InChI is InChI=1S/C10H18N2S/c11-10(13)12-7-3-5-8-4-1-2-6-9(8)12/h8-9H,1-7H2,(H2,11,13). The number of nitrogens with zero attached hydrogens (tertiary/aromatic N) is 1. The van der Waals surface area contributed by atoms with Gasteiger partial charge in [0.25, 0.3) is 0 Å². The van der Waals surface area contributed by atoms with Gasteiger partial charge in [-0.3, -0.25) is 0 Å². The summed E-state index contributed by atoms with van der Waals surface area (Å²) in [6.45, 7) is 1.09. The Balaban J connectivity index is 2.06.